The average Bonchev–Trinajstić information content (AvgIpc) is 3.68. The van der Waals surface area contributed by atoms with Crippen LogP contribution in [0, 0.1) is 20.8 Å². The normalized spacial score (nSPS) is 16.2. The number of ketones is 1. The molecule has 17 heteroatoms. The Hall–Kier alpha value is -6.43. The van der Waals surface area contributed by atoms with Crippen LogP contribution in [0.3, 0.4) is 0 Å². The van der Waals surface area contributed by atoms with Crippen LogP contribution in [0.25, 0.3) is 33.1 Å². The van der Waals surface area contributed by atoms with Gasteiger partial charge in [0.1, 0.15) is 29.1 Å². The van der Waals surface area contributed by atoms with E-state index in [2.05, 4.69) is 64.7 Å². The number of benzene rings is 2. The minimum absolute atomic E-state index is 0.127. The van der Waals surface area contributed by atoms with Crippen molar-refractivity contribution in [3.05, 3.63) is 88.3 Å². The van der Waals surface area contributed by atoms with Crippen LogP contribution in [0.1, 0.15) is 101 Å². The van der Waals surface area contributed by atoms with E-state index in [-0.39, 0.29) is 29.8 Å². The van der Waals surface area contributed by atoms with Gasteiger partial charge in [-0.05, 0) is 95.2 Å². The fourth-order valence-electron chi connectivity index (χ4n) is 8.86. The number of nitrogens with one attached hydrogen (secondary N) is 4. The van der Waals surface area contributed by atoms with Crippen LogP contribution in [-0.4, -0.2) is 105 Å². The van der Waals surface area contributed by atoms with Gasteiger partial charge >= 0.3 is 0 Å². The zero-order chi connectivity index (χ0) is 45.2. The van der Waals surface area contributed by atoms with E-state index in [9.17, 15) is 14.4 Å². The number of H-pyrrole nitrogens is 1. The molecule has 6 aromatic rings. The maximum absolute atomic E-state index is 13.7. The predicted molar refractivity (Wildman–Crippen MR) is 245 cm³/mol. The van der Waals surface area contributed by atoms with E-state index in [4.69, 9.17) is 33.8 Å². The van der Waals surface area contributed by atoms with E-state index in [0.717, 1.165) is 80.0 Å². The summed E-state index contributed by atoms with van der Waals surface area (Å²) in [5.41, 5.74) is 9.41. The third-order valence-corrected chi connectivity index (χ3v) is 12.4. The number of piperidine rings is 1. The lowest BCUT2D eigenvalue weighted by atomic mass is 9.97. The minimum Gasteiger partial charge on any atom is -0.382 e. The summed E-state index contributed by atoms with van der Waals surface area (Å²) in [5.74, 6) is 2.25. The van der Waals surface area contributed by atoms with Gasteiger partial charge in [-0.25, -0.2) is 14.6 Å². The van der Waals surface area contributed by atoms with Crippen LogP contribution >= 0.6 is 0 Å². The highest BCUT2D eigenvalue weighted by Crippen LogP contribution is 2.42. The molecule has 0 bridgehead atoms. The highest BCUT2D eigenvalue weighted by atomic mass is 16.5. The molecule has 2 aromatic carbocycles. The Bertz CT molecular complexity index is 2770. The van der Waals surface area contributed by atoms with Gasteiger partial charge < -0.3 is 44.6 Å². The van der Waals surface area contributed by atoms with Crippen molar-refractivity contribution in [1.82, 2.24) is 40.1 Å². The number of amides is 2. The number of ether oxygens (including phenoxy) is 3. The number of Topliss-reactive ketones (excluding diaryl/α,β-unsaturated/α-hetero) is 1. The third-order valence-electron chi connectivity index (χ3n) is 12.4. The van der Waals surface area contributed by atoms with Crippen LogP contribution in [-0.2, 0) is 32.1 Å². The molecule has 1 saturated carbocycles. The van der Waals surface area contributed by atoms with Crippen LogP contribution in [0.5, 0.6) is 0 Å². The second kappa shape index (κ2) is 19.0. The molecular weight excluding hydrogens is 829 g/mol. The topological polar surface area (TPSA) is 204 Å². The summed E-state index contributed by atoms with van der Waals surface area (Å²) in [6.07, 6.45) is 4.23. The van der Waals surface area contributed by atoms with Crippen molar-refractivity contribution < 1.29 is 33.1 Å². The number of hydrogen-bond donors (Lipinski definition) is 4. The number of aromatic amines is 1. The number of nitrogens with zero attached hydrogens (tertiary/aromatic N) is 6. The molecule has 0 spiro atoms. The molecular formula is C48H56N10O7. The Morgan fingerprint density at radius 1 is 0.969 bits per heavy atom. The number of rotatable bonds is 21. The predicted octanol–water partition coefficient (Wildman–Crippen LogP) is 7.40. The number of fused-ring (bicyclic) bond motifs is 4. The standard InChI is InChI=1S/C48H56N10O7/c1-6-58-41(25-37(55-58)31-13-14-31)52-46-43-34-23-27(2)33(42-29(4)56-65-30(42)5)24-38(34)51-45(43)53-44(54-46)40(59)11-8-17-62-19-21-64-22-20-63-18-16-49-36-10-7-9-32-35(36)26-57(48(32)61)39-15-12-28(3)50-47(39)60/h7,9-10,23-25,31,39,49H,3,6,8,11-22,26H2,1-2,4-5H3,(H,50,60)(H2,51,52,53,54). The zero-order valence-corrected chi connectivity index (χ0v) is 37.5. The van der Waals surface area contributed by atoms with Crippen molar-refractivity contribution >= 4 is 56.9 Å². The molecule has 1 atom stereocenters. The lowest BCUT2D eigenvalue weighted by molar-refractivity contribution is -0.126. The SMILES string of the molecule is C=C1CCC(N2Cc3c(NCCOCCOCCOCCCC(=O)c4nc(Nc5cc(C6CC6)nn5CC)c5c(n4)[nH]c4cc(-c6c(C)noc6C)c(C)cc45)cccc3C2=O)C(=O)N1. The Morgan fingerprint density at radius 2 is 1.75 bits per heavy atom. The van der Waals surface area contributed by atoms with Gasteiger partial charge in [-0.15, -0.1) is 0 Å². The van der Waals surface area contributed by atoms with Gasteiger partial charge in [0.2, 0.25) is 5.91 Å². The number of carbonyl (C=O) groups excluding carboxylic acids is 3. The molecule has 4 N–H and O–H groups in total. The van der Waals surface area contributed by atoms with Crippen molar-refractivity contribution in [2.75, 3.05) is 56.8 Å². The number of aromatic nitrogens is 6. The van der Waals surface area contributed by atoms with E-state index in [1.807, 2.05) is 36.7 Å². The molecule has 9 rings (SSSR count). The van der Waals surface area contributed by atoms with Gasteiger partial charge in [-0.1, -0.05) is 17.8 Å². The fraction of sp³-hybridized carbons (Fsp3) is 0.438. The molecule has 17 nitrogen and oxygen atoms in total. The van der Waals surface area contributed by atoms with Crippen molar-refractivity contribution in [3.63, 3.8) is 0 Å². The maximum atomic E-state index is 13.7. The number of allylic oxidation sites excluding steroid dienone is 1. The summed E-state index contributed by atoms with van der Waals surface area (Å²) < 4.78 is 24.7. The van der Waals surface area contributed by atoms with Crippen molar-refractivity contribution in [2.24, 2.45) is 0 Å². The molecule has 1 aliphatic carbocycles. The Kier molecular flexibility index (Phi) is 12.8. The van der Waals surface area contributed by atoms with Gasteiger partial charge in [0.25, 0.3) is 5.91 Å². The van der Waals surface area contributed by atoms with Crippen LogP contribution in [0.2, 0.25) is 0 Å². The first-order chi connectivity index (χ1) is 31.6. The summed E-state index contributed by atoms with van der Waals surface area (Å²) in [6, 6.07) is 11.4. The molecule has 0 radical (unpaired) electrons. The third kappa shape index (κ3) is 9.26. The lowest BCUT2D eigenvalue weighted by Gasteiger charge is -2.31. The molecule has 2 fully saturated rings. The number of anilines is 3. The lowest BCUT2D eigenvalue weighted by Crippen LogP contribution is -2.49. The number of hydrogen-bond acceptors (Lipinski definition) is 13. The van der Waals surface area contributed by atoms with Crippen LogP contribution in [0.15, 0.2) is 53.2 Å². The van der Waals surface area contributed by atoms with Crippen molar-refractivity contribution in [3.8, 4) is 11.1 Å². The summed E-state index contributed by atoms with van der Waals surface area (Å²) >= 11 is 0. The molecule has 1 unspecified atom stereocenters. The van der Waals surface area contributed by atoms with Gasteiger partial charge in [-0.2, -0.15) is 5.10 Å². The molecule has 2 aliphatic heterocycles. The quantitative estimate of drug-likeness (QED) is 0.0412. The Balaban J connectivity index is 0.738. The Morgan fingerprint density at radius 3 is 2.49 bits per heavy atom. The van der Waals surface area contributed by atoms with Crippen LogP contribution in [0.4, 0.5) is 17.3 Å². The summed E-state index contributed by atoms with van der Waals surface area (Å²) in [5, 5.41) is 20.5. The minimum atomic E-state index is -0.498. The molecule has 2 amide bonds. The molecule has 1 saturated heterocycles. The average molecular weight is 885 g/mol. The van der Waals surface area contributed by atoms with Crippen molar-refractivity contribution in [2.45, 2.75) is 91.3 Å². The van der Waals surface area contributed by atoms with Gasteiger partial charge in [0.05, 0.1) is 49.8 Å². The Labute approximate surface area is 376 Å². The second-order valence-electron chi connectivity index (χ2n) is 17.0. The first-order valence-corrected chi connectivity index (χ1v) is 22.6. The largest absolute Gasteiger partial charge is 0.382 e. The highest BCUT2D eigenvalue weighted by Gasteiger charge is 2.39. The number of carbonyl (C=O) groups is 3. The van der Waals surface area contributed by atoms with E-state index >= 15 is 0 Å². The molecule has 340 valence electrons. The molecule has 65 heavy (non-hydrogen) atoms. The van der Waals surface area contributed by atoms with Crippen LogP contribution < -0.4 is 16.0 Å². The van der Waals surface area contributed by atoms with E-state index in [0.29, 0.717) is 107 Å². The molecule has 6 heterocycles. The monoisotopic (exact) mass is 884 g/mol. The first-order valence-electron chi connectivity index (χ1n) is 22.6. The summed E-state index contributed by atoms with van der Waals surface area (Å²) in [4.78, 5) is 54.2. The van der Waals surface area contributed by atoms with E-state index in [1.165, 1.54) is 0 Å². The highest BCUT2D eigenvalue weighted by molar-refractivity contribution is 6.13. The van der Waals surface area contributed by atoms with E-state index in [1.54, 1.807) is 4.90 Å². The second-order valence-corrected chi connectivity index (χ2v) is 17.0. The molecule has 4 aromatic heterocycles. The first kappa shape index (κ1) is 43.8. The fourth-order valence-corrected chi connectivity index (χ4v) is 8.86. The summed E-state index contributed by atoms with van der Waals surface area (Å²) in [7, 11) is 0. The van der Waals surface area contributed by atoms with Gasteiger partial charge in [0, 0.05) is 83.6 Å². The van der Waals surface area contributed by atoms with Gasteiger partial charge in [-0.3, -0.25) is 14.4 Å². The van der Waals surface area contributed by atoms with Gasteiger partial charge in [0.15, 0.2) is 11.6 Å². The smallest absolute Gasteiger partial charge is 0.255 e. The number of aryl methyl sites for hydroxylation is 4. The maximum Gasteiger partial charge on any atom is 0.255 e. The van der Waals surface area contributed by atoms with E-state index < -0.39 is 6.04 Å². The summed E-state index contributed by atoms with van der Waals surface area (Å²) in [6.45, 7) is 15.9. The zero-order valence-electron chi connectivity index (χ0n) is 37.5. The van der Waals surface area contributed by atoms with Crippen molar-refractivity contribution in [1.29, 1.82) is 0 Å². The molecule has 3 aliphatic rings.